The van der Waals surface area contributed by atoms with Gasteiger partial charge in [0.1, 0.15) is 5.75 Å². The van der Waals surface area contributed by atoms with E-state index in [1.807, 2.05) is 49.4 Å². The molecule has 0 radical (unpaired) electrons. The predicted octanol–water partition coefficient (Wildman–Crippen LogP) is 4.45. The highest BCUT2D eigenvalue weighted by Crippen LogP contribution is 2.31. The SMILES string of the molecule is COc1ccccc1-c1nnc(SC[C@H](C)C#N)n1CCc1ccccc1. The van der Waals surface area contributed by atoms with E-state index in [2.05, 4.69) is 33.0 Å². The molecule has 138 valence electrons. The van der Waals surface area contributed by atoms with Gasteiger partial charge in [0.15, 0.2) is 11.0 Å². The molecule has 0 aliphatic carbocycles. The molecule has 0 aliphatic heterocycles. The summed E-state index contributed by atoms with van der Waals surface area (Å²) in [6.07, 6.45) is 0.877. The Hall–Kier alpha value is -2.78. The molecule has 5 nitrogen and oxygen atoms in total. The van der Waals surface area contributed by atoms with Crippen LogP contribution >= 0.6 is 11.8 Å². The molecule has 1 aromatic heterocycles. The van der Waals surface area contributed by atoms with Crippen molar-refractivity contribution in [1.29, 1.82) is 5.26 Å². The number of rotatable bonds is 8. The molecular weight excluding hydrogens is 356 g/mol. The molecule has 0 fully saturated rings. The minimum absolute atomic E-state index is 0.0380. The number of methoxy groups -OCH3 is 1. The van der Waals surface area contributed by atoms with E-state index in [9.17, 15) is 0 Å². The van der Waals surface area contributed by atoms with Gasteiger partial charge in [0.25, 0.3) is 0 Å². The zero-order valence-corrected chi connectivity index (χ0v) is 16.3. The number of aryl methyl sites for hydroxylation is 1. The Balaban J connectivity index is 1.92. The molecule has 0 saturated carbocycles. The molecule has 6 heteroatoms. The standard InChI is InChI=1S/C21H22N4OS/c1-16(14-22)15-27-21-24-23-20(18-10-6-7-11-19(18)26-2)25(21)13-12-17-8-4-3-5-9-17/h3-11,16H,12-13,15H2,1-2H3/t16-/m1/s1. The lowest BCUT2D eigenvalue weighted by Crippen LogP contribution is -2.07. The number of ether oxygens (including phenoxy) is 1. The van der Waals surface area contributed by atoms with E-state index in [1.54, 1.807) is 18.9 Å². The van der Waals surface area contributed by atoms with Crippen molar-refractivity contribution in [2.24, 2.45) is 5.92 Å². The summed E-state index contributed by atoms with van der Waals surface area (Å²) in [6.45, 7) is 2.67. The Morgan fingerprint density at radius 2 is 1.85 bits per heavy atom. The Bertz CT molecular complexity index is 917. The molecule has 0 unspecified atom stereocenters. The van der Waals surface area contributed by atoms with Crippen LogP contribution in [-0.4, -0.2) is 27.6 Å². The van der Waals surface area contributed by atoms with Gasteiger partial charge >= 0.3 is 0 Å². The zero-order chi connectivity index (χ0) is 19.1. The molecule has 3 rings (SSSR count). The topological polar surface area (TPSA) is 63.7 Å². The number of nitrogens with zero attached hydrogens (tertiary/aromatic N) is 4. The van der Waals surface area contributed by atoms with Crippen LogP contribution in [0.25, 0.3) is 11.4 Å². The number of para-hydroxylation sites is 1. The van der Waals surface area contributed by atoms with Crippen molar-refractivity contribution >= 4 is 11.8 Å². The molecule has 0 aliphatic rings. The van der Waals surface area contributed by atoms with Crippen molar-refractivity contribution in [2.75, 3.05) is 12.9 Å². The first-order valence-corrected chi connectivity index (χ1v) is 9.84. The maximum absolute atomic E-state index is 9.06. The summed E-state index contributed by atoms with van der Waals surface area (Å²) in [7, 11) is 1.66. The number of hydrogen-bond acceptors (Lipinski definition) is 5. The third-order valence-electron chi connectivity index (χ3n) is 4.21. The van der Waals surface area contributed by atoms with E-state index >= 15 is 0 Å². The lowest BCUT2D eigenvalue weighted by Gasteiger charge is -2.12. The third-order valence-corrected chi connectivity index (χ3v) is 5.44. The van der Waals surface area contributed by atoms with Gasteiger partial charge in [-0.3, -0.25) is 0 Å². The van der Waals surface area contributed by atoms with Gasteiger partial charge in [-0.2, -0.15) is 5.26 Å². The molecule has 0 N–H and O–H groups in total. The van der Waals surface area contributed by atoms with E-state index in [-0.39, 0.29) is 5.92 Å². The van der Waals surface area contributed by atoms with E-state index in [4.69, 9.17) is 10.00 Å². The molecule has 0 amide bonds. The van der Waals surface area contributed by atoms with Gasteiger partial charge < -0.3 is 9.30 Å². The second kappa shape index (κ2) is 9.24. The summed E-state index contributed by atoms with van der Waals surface area (Å²) < 4.78 is 7.64. The van der Waals surface area contributed by atoms with E-state index in [0.717, 1.165) is 35.3 Å². The number of aromatic nitrogens is 3. The summed E-state index contributed by atoms with van der Waals surface area (Å²) in [5.74, 6) is 2.21. The Kier molecular flexibility index (Phi) is 6.50. The van der Waals surface area contributed by atoms with Crippen LogP contribution < -0.4 is 4.74 Å². The number of thioether (sulfide) groups is 1. The van der Waals surface area contributed by atoms with Crippen LogP contribution in [0, 0.1) is 17.2 Å². The second-order valence-corrected chi connectivity index (χ2v) is 7.22. The first-order valence-electron chi connectivity index (χ1n) is 8.86. The lowest BCUT2D eigenvalue weighted by atomic mass is 10.1. The highest BCUT2D eigenvalue weighted by Gasteiger charge is 2.18. The average Bonchev–Trinajstić information content (AvgIpc) is 3.13. The molecule has 1 atom stereocenters. The van der Waals surface area contributed by atoms with Crippen molar-refractivity contribution in [2.45, 2.75) is 25.0 Å². The molecule has 27 heavy (non-hydrogen) atoms. The minimum atomic E-state index is -0.0380. The van der Waals surface area contributed by atoms with E-state index < -0.39 is 0 Å². The van der Waals surface area contributed by atoms with E-state index in [1.165, 1.54) is 5.56 Å². The highest BCUT2D eigenvalue weighted by atomic mass is 32.2. The molecule has 0 saturated heterocycles. The molecule has 0 spiro atoms. The fourth-order valence-electron chi connectivity index (χ4n) is 2.75. The summed E-state index contributed by atoms with van der Waals surface area (Å²) in [4.78, 5) is 0. The number of benzene rings is 2. The van der Waals surface area contributed by atoms with Crippen LogP contribution in [0.3, 0.4) is 0 Å². The molecular formula is C21H22N4OS. The van der Waals surface area contributed by atoms with Crippen LogP contribution in [0.15, 0.2) is 59.8 Å². The second-order valence-electron chi connectivity index (χ2n) is 6.23. The largest absolute Gasteiger partial charge is 0.496 e. The first kappa shape index (κ1) is 19.0. The third kappa shape index (κ3) is 4.69. The Morgan fingerprint density at radius 3 is 2.59 bits per heavy atom. The van der Waals surface area contributed by atoms with Gasteiger partial charge in [-0.15, -0.1) is 10.2 Å². The molecule has 0 bridgehead atoms. The Labute approximate surface area is 164 Å². The van der Waals surface area contributed by atoms with E-state index in [0.29, 0.717) is 5.75 Å². The smallest absolute Gasteiger partial charge is 0.191 e. The van der Waals surface area contributed by atoms with Gasteiger partial charge in [-0.05, 0) is 31.0 Å². The zero-order valence-electron chi connectivity index (χ0n) is 15.5. The maximum Gasteiger partial charge on any atom is 0.191 e. The van der Waals surface area contributed by atoms with Gasteiger partial charge in [0.05, 0.1) is 24.7 Å². The lowest BCUT2D eigenvalue weighted by molar-refractivity contribution is 0.415. The van der Waals surface area contributed by atoms with Crippen molar-refractivity contribution in [1.82, 2.24) is 14.8 Å². The fourth-order valence-corrected chi connectivity index (χ4v) is 3.65. The fraction of sp³-hybridized carbons (Fsp3) is 0.286. The summed E-state index contributed by atoms with van der Waals surface area (Å²) in [5.41, 5.74) is 2.18. The van der Waals surface area contributed by atoms with Crippen molar-refractivity contribution in [3.8, 4) is 23.2 Å². The molecule has 3 aromatic rings. The number of hydrogen-bond donors (Lipinski definition) is 0. The summed E-state index contributed by atoms with van der Waals surface area (Å²) in [6, 6.07) is 20.5. The van der Waals surface area contributed by atoms with Crippen molar-refractivity contribution < 1.29 is 4.74 Å². The molecule has 1 heterocycles. The minimum Gasteiger partial charge on any atom is -0.496 e. The molecule has 2 aromatic carbocycles. The van der Waals surface area contributed by atoms with Gasteiger partial charge in [-0.25, -0.2) is 0 Å². The van der Waals surface area contributed by atoms with Crippen molar-refractivity contribution in [3.05, 3.63) is 60.2 Å². The van der Waals surface area contributed by atoms with Gasteiger partial charge in [0, 0.05) is 12.3 Å². The quantitative estimate of drug-likeness (QED) is 0.542. The van der Waals surface area contributed by atoms with Gasteiger partial charge in [0.2, 0.25) is 0 Å². The maximum atomic E-state index is 9.06. The highest BCUT2D eigenvalue weighted by molar-refractivity contribution is 7.99. The van der Waals surface area contributed by atoms with Gasteiger partial charge in [-0.1, -0.05) is 54.2 Å². The van der Waals surface area contributed by atoms with Crippen LogP contribution in [0.2, 0.25) is 0 Å². The first-order chi connectivity index (χ1) is 13.2. The predicted molar refractivity (Wildman–Crippen MR) is 108 cm³/mol. The number of nitriles is 1. The summed E-state index contributed by atoms with van der Waals surface area (Å²) in [5, 5.41) is 18.7. The Morgan fingerprint density at radius 1 is 1.11 bits per heavy atom. The van der Waals surface area contributed by atoms with Crippen LogP contribution in [-0.2, 0) is 13.0 Å². The van der Waals surface area contributed by atoms with Crippen molar-refractivity contribution in [3.63, 3.8) is 0 Å². The summed E-state index contributed by atoms with van der Waals surface area (Å²) >= 11 is 1.57. The normalized spacial score (nSPS) is 11.7. The van der Waals surface area contributed by atoms with Crippen LogP contribution in [0.5, 0.6) is 5.75 Å². The van der Waals surface area contributed by atoms with Crippen LogP contribution in [0.4, 0.5) is 0 Å². The van der Waals surface area contributed by atoms with Crippen LogP contribution in [0.1, 0.15) is 12.5 Å². The average molecular weight is 379 g/mol. The monoisotopic (exact) mass is 378 g/mol.